The van der Waals surface area contributed by atoms with E-state index < -0.39 is 29.8 Å². The number of carbonyl (C=O) groups is 3. The van der Waals surface area contributed by atoms with E-state index in [2.05, 4.69) is 5.32 Å². The van der Waals surface area contributed by atoms with E-state index in [1.165, 1.54) is 0 Å². The van der Waals surface area contributed by atoms with Crippen molar-refractivity contribution in [2.75, 3.05) is 13.2 Å². The molecule has 2 aliphatic rings. The van der Waals surface area contributed by atoms with Crippen molar-refractivity contribution in [2.45, 2.75) is 63.6 Å². The highest BCUT2D eigenvalue weighted by atomic mass is 16.6. The van der Waals surface area contributed by atoms with Crippen LogP contribution in [0.25, 0.3) is 11.1 Å². The Morgan fingerprint density at radius 3 is 2.23 bits per heavy atom. The maximum atomic E-state index is 12.6. The first-order chi connectivity index (χ1) is 16.6. The van der Waals surface area contributed by atoms with Gasteiger partial charge < -0.3 is 24.8 Å². The molecule has 2 aromatic rings. The highest BCUT2D eigenvalue weighted by molar-refractivity contribution is 5.81. The summed E-state index contributed by atoms with van der Waals surface area (Å²) in [6.45, 7) is 5.95. The molecule has 0 unspecified atom stereocenters. The highest BCUT2D eigenvalue weighted by Gasteiger charge is 2.36. The maximum absolute atomic E-state index is 12.6. The standard InChI is InChI=1S/C27H32N2O6/c1-27(2,3)35-26(33)29-14-8-9-17(29)15-23(24(30)31)28-25(32)34-16-22-20-12-6-4-10-18(20)19-11-5-7-13-21(19)22/h4-7,10-13,17,22-23H,8-9,14-16H2,1-3H3,(H,28,32)(H,30,31)/t17-,23+/m1/s1. The minimum atomic E-state index is -1.18. The average molecular weight is 481 g/mol. The Morgan fingerprint density at radius 1 is 1.06 bits per heavy atom. The van der Waals surface area contributed by atoms with Crippen molar-refractivity contribution in [3.63, 3.8) is 0 Å². The Hall–Kier alpha value is -3.55. The van der Waals surface area contributed by atoms with Gasteiger partial charge in [0.1, 0.15) is 18.2 Å². The predicted molar refractivity (Wildman–Crippen MR) is 130 cm³/mol. The smallest absolute Gasteiger partial charge is 0.410 e. The molecule has 1 saturated heterocycles. The van der Waals surface area contributed by atoms with Crippen molar-refractivity contribution < 1.29 is 29.0 Å². The monoisotopic (exact) mass is 480 g/mol. The van der Waals surface area contributed by atoms with Crippen molar-refractivity contribution in [3.8, 4) is 11.1 Å². The van der Waals surface area contributed by atoms with Gasteiger partial charge in [0.25, 0.3) is 0 Å². The van der Waals surface area contributed by atoms with Crippen LogP contribution in [0.15, 0.2) is 48.5 Å². The average Bonchev–Trinajstić information content (AvgIpc) is 3.39. The second-order valence-corrected chi connectivity index (χ2v) is 10.1. The second kappa shape index (κ2) is 9.98. The Bertz CT molecular complexity index is 1060. The fourth-order valence-electron chi connectivity index (χ4n) is 4.92. The van der Waals surface area contributed by atoms with Gasteiger partial charge in [-0.05, 0) is 62.3 Å². The number of aliphatic carboxylic acids is 1. The van der Waals surface area contributed by atoms with Crippen LogP contribution in [0, 0.1) is 0 Å². The number of hydrogen-bond donors (Lipinski definition) is 2. The van der Waals surface area contributed by atoms with Gasteiger partial charge in [-0.1, -0.05) is 48.5 Å². The molecule has 2 atom stereocenters. The molecule has 2 aromatic carbocycles. The molecule has 186 valence electrons. The molecule has 35 heavy (non-hydrogen) atoms. The van der Waals surface area contributed by atoms with E-state index >= 15 is 0 Å². The van der Waals surface area contributed by atoms with Gasteiger partial charge in [0.2, 0.25) is 0 Å². The molecule has 0 aromatic heterocycles. The van der Waals surface area contributed by atoms with Crippen LogP contribution >= 0.6 is 0 Å². The van der Waals surface area contributed by atoms with E-state index in [1.54, 1.807) is 25.7 Å². The minimum Gasteiger partial charge on any atom is -0.480 e. The molecule has 1 aliphatic carbocycles. The zero-order chi connectivity index (χ0) is 25.2. The van der Waals surface area contributed by atoms with Crippen LogP contribution in [0.1, 0.15) is 57.1 Å². The summed E-state index contributed by atoms with van der Waals surface area (Å²) < 4.78 is 11.0. The number of fused-ring (bicyclic) bond motifs is 3. The number of carboxylic acids is 1. The topological polar surface area (TPSA) is 105 Å². The number of carboxylic acid groups (broad SMARTS) is 1. The number of benzene rings is 2. The van der Waals surface area contributed by atoms with Crippen LogP contribution in [-0.2, 0) is 14.3 Å². The van der Waals surface area contributed by atoms with Crippen molar-refractivity contribution in [1.82, 2.24) is 10.2 Å². The molecule has 1 heterocycles. The van der Waals surface area contributed by atoms with E-state index in [-0.39, 0.29) is 25.0 Å². The van der Waals surface area contributed by atoms with Crippen LogP contribution in [0.2, 0.25) is 0 Å². The molecular formula is C27H32N2O6. The number of amides is 2. The van der Waals surface area contributed by atoms with E-state index in [9.17, 15) is 19.5 Å². The quantitative estimate of drug-likeness (QED) is 0.617. The highest BCUT2D eigenvalue weighted by Crippen LogP contribution is 2.44. The Balaban J connectivity index is 1.38. The number of nitrogens with one attached hydrogen (secondary N) is 1. The first kappa shape index (κ1) is 24.6. The minimum absolute atomic E-state index is 0.0821. The molecule has 0 bridgehead atoms. The number of nitrogens with zero attached hydrogens (tertiary/aromatic N) is 1. The summed E-state index contributed by atoms with van der Waals surface area (Å²) >= 11 is 0. The van der Waals surface area contributed by atoms with Gasteiger partial charge in [0, 0.05) is 18.5 Å². The van der Waals surface area contributed by atoms with Gasteiger partial charge >= 0.3 is 18.2 Å². The van der Waals surface area contributed by atoms with Gasteiger partial charge in [0.05, 0.1) is 0 Å². The molecule has 0 spiro atoms. The zero-order valence-corrected chi connectivity index (χ0v) is 20.3. The molecule has 2 amide bonds. The van der Waals surface area contributed by atoms with Crippen LogP contribution in [-0.4, -0.2) is 59.0 Å². The summed E-state index contributed by atoms with van der Waals surface area (Å²) in [5.74, 6) is -1.29. The van der Waals surface area contributed by atoms with Crippen LogP contribution in [0.5, 0.6) is 0 Å². The zero-order valence-electron chi connectivity index (χ0n) is 20.3. The number of ether oxygens (including phenoxy) is 2. The largest absolute Gasteiger partial charge is 0.480 e. The van der Waals surface area contributed by atoms with E-state index in [0.29, 0.717) is 13.0 Å². The maximum Gasteiger partial charge on any atom is 0.410 e. The van der Waals surface area contributed by atoms with E-state index in [0.717, 1.165) is 28.7 Å². The van der Waals surface area contributed by atoms with E-state index in [1.807, 2.05) is 48.5 Å². The number of likely N-dealkylation sites (tertiary alicyclic amines) is 1. The molecule has 1 aliphatic heterocycles. The summed E-state index contributed by atoms with van der Waals surface area (Å²) in [5, 5.41) is 12.2. The molecule has 0 saturated carbocycles. The lowest BCUT2D eigenvalue weighted by atomic mass is 9.98. The van der Waals surface area contributed by atoms with Gasteiger partial charge in [-0.15, -0.1) is 0 Å². The number of carbonyl (C=O) groups excluding carboxylic acids is 2. The third kappa shape index (κ3) is 5.58. The van der Waals surface area contributed by atoms with E-state index in [4.69, 9.17) is 9.47 Å². The summed E-state index contributed by atoms with van der Waals surface area (Å²) in [7, 11) is 0. The SMILES string of the molecule is CC(C)(C)OC(=O)N1CCC[C@@H]1C[C@H](NC(=O)OCC1c2ccccc2-c2ccccc21)C(=O)O. The Labute approximate surface area is 205 Å². The van der Waals surface area contributed by atoms with Gasteiger partial charge in [-0.3, -0.25) is 0 Å². The van der Waals surface area contributed by atoms with Gasteiger partial charge in [-0.2, -0.15) is 0 Å². The number of rotatable bonds is 6. The first-order valence-corrected chi connectivity index (χ1v) is 12.0. The van der Waals surface area contributed by atoms with Crippen molar-refractivity contribution in [2.24, 2.45) is 0 Å². The fraction of sp³-hybridized carbons (Fsp3) is 0.444. The van der Waals surface area contributed by atoms with Crippen LogP contribution in [0.3, 0.4) is 0 Å². The van der Waals surface area contributed by atoms with Gasteiger partial charge in [-0.25, -0.2) is 14.4 Å². The molecular weight excluding hydrogens is 448 g/mol. The predicted octanol–water partition coefficient (Wildman–Crippen LogP) is 4.77. The molecule has 8 nitrogen and oxygen atoms in total. The third-order valence-electron chi connectivity index (χ3n) is 6.45. The Morgan fingerprint density at radius 2 is 1.66 bits per heavy atom. The normalized spacial score (nSPS) is 17.9. The number of alkyl carbamates (subject to hydrolysis) is 1. The lowest BCUT2D eigenvalue weighted by molar-refractivity contribution is -0.139. The lowest BCUT2D eigenvalue weighted by Crippen LogP contribution is -2.47. The molecule has 2 N–H and O–H groups in total. The van der Waals surface area contributed by atoms with Crippen molar-refractivity contribution in [1.29, 1.82) is 0 Å². The molecule has 1 fully saturated rings. The first-order valence-electron chi connectivity index (χ1n) is 12.0. The van der Waals surface area contributed by atoms with Crippen LogP contribution < -0.4 is 5.32 Å². The summed E-state index contributed by atoms with van der Waals surface area (Å²) in [6, 6.07) is 14.5. The summed E-state index contributed by atoms with van der Waals surface area (Å²) in [4.78, 5) is 38.6. The molecule has 8 heteroatoms. The number of hydrogen-bond acceptors (Lipinski definition) is 5. The van der Waals surface area contributed by atoms with Gasteiger partial charge in [0.15, 0.2) is 0 Å². The van der Waals surface area contributed by atoms with Crippen molar-refractivity contribution >= 4 is 18.2 Å². The van der Waals surface area contributed by atoms with Crippen molar-refractivity contribution in [3.05, 3.63) is 59.7 Å². The fourth-order valence-corrected chi connectivity index (χ4v) is 4.92. The molecule has 0 radical (unpaired) electrons. The van der Waals surface area contributed by atoms with Crippen LogP contribution in [0.4, 0.5) is 9.59 Å². The summed E-state index contributed by atoms with van der Waals surface area (Å²) in [6.07, 6.45) is 0.224. The lowest BCUT2D eigenvalue weighted by Gasteiger charge is -2.30. The summed E-state index contributed by atoms with van der Waals surface area (Å²) in [5.41, 5.74) is 3.74. The second-order valence-electron chi connectivity index (χ2n) is 10.1. The third-order valence-corrected chi connectivity index (χ3v) is 6.45. The Kier molecular flexibility index (Phi) is 7.00. The molecule has 4 rings (SSSR count).